The van der Waals surface area contributed by atoms with Gasteiger partial charge in [0.2, 0.25) is 27.7 Å². The molecule has 162 valence electrons. The number of rotatable bonds is 8. The zero-order chi connectivity index (χ0) is 21.9. The van der Waals surface area contributed by atoms with Crippen molar-refractivity contribution in [2.75, 3.05) is 25.0 Å². The smallest absolute Gasteiger partial charge is 0.243 e. The van der Waals surface area contributed by atoms with Crippen molar-refractivity contribution in [2.45, 2.75) is 38.0 Å². The molecule has 1 aliphatic heterocycles. The van der Waals surface area contributed by atoms with Gasteiger partial charge >= 0.3 is 0 Å². The van der Waals surface area contributed by atoms with Gasteiger partial charge in [0.1, 0.15) is 0 Å². The van der Waals surface area contributed by atoms with Crippen molar-refractivity contribution >= 4 is 33.4 Å². The minimum Gasteiger partial charge on any atom is -0.326 e. The second-order valence-electron chi connectivity index (χ2n) is 7.40. The van der Waals surface area contributed by atoms with Gasteiger partial charge in [0, 0.05) is 31.7 Å². The third kappa shape index (κ3) is 4.32. The molecule has 1 N–H and O–H groups in total. The Labute approximate surface area is 177 Å². The molecule has 0 radical (unpaired) electrons. The van der Waals surface area contributed by atoms with Crippen molar-refractivity contribution < 1.29 is 22.8 Å². The highest BCUT2D eigenvalue weighted by atomic mass is 32.2. The van der Waals surface area contributed by atoms with E-state index >= 15 is 0 Å². The first kappa shape index (κ1) is 22.2. The average Bonchev–Trinajstić information content (AvgIpc) is 2.98. The minimum atomic E-state index is -3.56. The predicted molar refractivity (Wildman–Crippen MR) is 112 cm³/mol. The third-order valence-corrected chi connectivity index (χ3v) is 7.71. The largest absolute Gasteiger partial charge is 0.326 e. The summed E-state index contributed by atoms with van der Waals surface area (Å²) in [4.78, 5) is 38.5. The zero-order valence-electron chi connectivity index (χ0n) is 17.2. The maximum atomic E-state index is 12.5. The number of amides is 3. The van der Waals surface area contributed by atoms with Gasteiger partial charge in [0.25, 0.3) is 0 Å². The van der Waals surface area contributed by atoms with Gasteiger partial charge in [-0.3, -0.25) is 19.3 Å². The standard InChI is InChI=1S/C21H27N3O5S/c1-3-23(4-2)30(28,29)16-11-9-15(10-12-16)22-19(25)13-14-24-20(26)17-7-5-6-8-18(17)21(24)27/h5-6,9-12,17-18H,3-4,7-8,13-14H2,1-2H3,(H,22,25)/t17-,18-/m0/s1. The fourth-order valence-electron chi connectivity index (χ4n) is 3.95. The second-order valence-corrected chi connectivity index (χ2v) is 9.33. The van der Waals surface area contributed by atoms with E-state index in [1.54, 1.807) is 13.8 Å². The molecule has 3 amide bonds. The number of allylic oxidation sites excluding steroid dienone is 2. The fraction of sp³-hybridized carbons (Fsp3) is 0.476. The van der Waals surface area contributed by atoms with Crippen LogP contribution >= 0.6 is 0 Å². The molecule has 1 aliphatic carbocycles. The number of carbonyl (C=O) groups is 3. The molecule has 1 heterocycles. The maximum Gasteiger partial charge on any atom is 0.243 e. The number of benzene rings is 1. The predicted octanol–water partition coefficient (Wildman–Crippen LogP) is 2.00. The number of imide groups is 1. The monoisotopic (exact) mass is 433 g/mol. The Hall–Kier alpha value is -2.52. The molecular weight excluding hydrogens is 406 g/mol. The third-order valence-electron chi connectivity index (χ3n) is 5.64. The lowest BCUT2D eigenvalue weighted by molar-refractivity contribution is -0.140. The molecule has 1 saturated heterocycles. The van der Waals surface area contributed by atoms with Crippen molar-refractivity contribution in [1.29, 1.82) is 0 Å². The Morgan fingerprint density at radius 3 is 2.07 bits per heavy atom. The molecule has 0 saturated carbocycles. The molecule has 9 heteroatoms. The van der Waals surface area contributed by atoms with Crippen molar-refractivity contribution in [2.24, 2.45) is 11.8 Å². The highest BCUT2D eigenvalue weighted by molar-refractivity contribution is 7.89. The number of nitrogens with zero attached hydrogens (tertiary/aromatic N) is 2. The Kier molecular flexibility index (Phi) is 6.72. The molecule has 2 atom stereocenters. The molecule has 1 aromatic rings. The minimum absolute atomic E-state index is 0.0101. The zero-order valence-corrected chi connectivity index (χ0v) is 18.0. The van der Waals surface area contributed by atoms with E-state index in [4.69, 9.17) is 0 Å². The molecule has 0 spiro atoms. The number of carbonyl (C=O) groups excluding carboxylic acids is 3. The Morgan fingerprint density at radius 1 is 1.03 bits per heavy atom. The number of hydrogen-bond donors (Lipinski definition) is 1. The van der Waals surface area contributed by atoms with Crippen LogP contribution in [0, 0.1) is 11.8 Å². The molecule has 30 heavy (non-hydrogen) atoms. The van der Waals surface area contributed by atoms with Crippen LogP contribution in [-0.2, 0) is 24.4 Å². The van der Waals surface area contributed by atoms with Crippen LogP contribution in [0.15, 0.2) is 41.3 Å². The highest BCUT2D eigenvalue weighted by Crippen LogP contribution is 2.35. The first-order valence-electron chi connectivity index (χ1n) is 10.2. The molecule has 0 bridgehead atoms. The first-order valence-corrected chi connectivity index (χ1v) is 11.6. The normalized spacial score (nSPS) is 21.2. The van der Waals surface area contributed by atoms with E-state index in [0.29, 0.717) is 31.6 Å². The van der Waals surface area contributed by atoms with Crippen LogP contribution in [0.4, 0.5) is 5.69 Å². The van der Waals surface area contributed by atoms with Crippen LogP contribution in [-0.4, -0.2) is 55.0 Å². The van der Waals surface area contributed by atoms with E-state index in [2.05, 4.69) is 5.32 Å². The van der Waals surface area contributed by atoms with E-state index in [1.807, 2.05) is 12.2 Å². The summed E-state index contributed by atoms with van der Waals surface area (Å²) in [6, 6.07) is 5.96. The number of hydrogen-bond acceptors (Lipinski definition) is 5. The molecule has 8 nitrogen and oxygen atoms in total. The lowest BCUT2D eigenvalue weighted by Crippen LogP contribution is -2.34. The summed E-state index contributed by atoms with van der Waals surface area (Å²) in [5.41, 5.74) is 0.454. The van der Waals surface area contributed by atoms with Crippen molar-refractivity contribution in [3.63, 3.8) is 0 Å². The first-order chi connectivity index (χ1) is 14.3. The molecule has 1 aromatic carbocycles. The van der Waals surface area contributed by atoms with Crippen LogP contribution in [0.25, 0.3) is 0 Å². The summed E-state index contributed by atoms with van der Waals surface area (Å²) in [6.07, 6.45) is 4.98. The van der Waals surface area contributed by atoms with Gasteiger partial charge < -0.3 is 5.32 Å². The highest BCUT2D eigenvalue weighted by Gasteiger charge is 2.46. The number of anilines is 1. The van der Waals surface area contributed by atoms with E-state index in [-0.39, 0.29) is 47.4 Å². The Balaban J connectivity index is 1.57. The van der Waals surface area contributed by atoms with Crippen molar-refractivity contribution in [1.82, 2.24) is 9.21 Å². The van der Waals surface area contributed by atoms with E-state index in [0.717, 1.165) is 0 Å². The summed E-state index contributed by atoms with van der Waals surface area (Å²) in [5, 5.41) is 2.69. The summed E-state index contributed by atoms with van der Waals surface area (Å²) < 4.78 is 26.4. The number of nitrogens with one attached hydrogen (secondary N) is 1. The fourth-order valence-corrected chi connectivity index (χ4v) is 5.41. The lowest BCUT2D eigenvalue weighted by atomic mass is 9.85. The summed E-state index contributed by atoms with van der Waals surface area (Å²) in [5.74, 6) is -1.35. The van der Waals surface area contributed by atoms with Crippen LogP contribution in [0.3, 0.4) is 0 Å². The Morgan fingerprint density at radius 2 is 1.57 bits per heavy atom. The van der Waals surface area contributed by atoms with Crippen LogP contribution in [0.5, 0.6) is 0 Å². The van der Waals surface area contributed by atoms with Gasteiger partial charge in [-0.25, -0.2) is 8.42 Å². The summed E-state index contributed by atoms with van der Waals surface area (Å²) in [7, 11) is -3.56. The van der Waals surface area contributed by atoms with Crippen molar-refractivity contribution in [3.05, 3.63) is 36.4 Å². The second kappa shape index (κ2) is 9.09. The number of likely N-dealkylation sites (tertiary alicyclic amines) is 1. The molecular formula is C21H27N3O5S. The van der Waals surface area contributed by atoms with Crippen LogP contribution in [0.2, 0.25) is 0 Å². The molecule has 0 aromatic heterocycles. The van der Waals surface area contributed by atoms with Gasteiger partial charge in [-0.05, 0) is 37.1 Å². The van der Waals surface area contributed by atoms with E-state index < -0.39 is 10.0 Å². The molecule has 2 aliphatic rings. The lowest BCUT2D eigenvalue weighted by Gasteiger charge is -2.18. The van der Waals surface area contributed by atoms with E-state index in [9.17, 15) is 22.8 Å². The SMILES string of the molecule is CCN(CC)S(=O)(=O)c1ccc(NC(=O)CCN2C(=O)[C@H]3CC=CC[C@@H]3C2=O)cc1. The number of sulfonamides is 1. The molecule has 0 unspecified atom stereocenters. The van der Waals surface area contributed by atoms with Gasteiger partial charge in [0.05, 0.1) is 16.7 Å². The van der Waals surface area contributed by atoms with Gasteiger partial charge in [0.15, 0.2) is 0 Å². The quantitative estimate of drug-likeness (QED) is 0.499. The Bertz CT molecular complexity index is 925. The van der Waals surface area contributed by atoms with Gasteiger partial charge in [-0.1, -0.05) is 26.0 Å². The maximum absolute atomic E-state index is 12.5. The summed E-state index contributed by atoms with van der Waals surface area (Å²) in [6.45, 7) is 4.35. The summed E-state index contributed by atoms with van der Waals surface area (Å²) >= 11 is 0. The number of fused-ring (bicyclic) bond motifs is 1. The van der Waals surface area contributed by atoms with Gasteiger partial charge in [-0.2, -0.15) is 4.31 Å². The van der Waals surface area contributed by atoms with Crippen molar-refractivity contribution in [3.8, 4) is 0 Å². The van der Waals surface area contributed by atoms with E-state index in [1.165, 1.54) is 33.5 Å². The van der Waals surface area contributed by atoms with Crippen LogP contribution in [0.1, 0.15) is 33.1 Å². The molecule has 1 fully saturated rings. The van der Waals surface area contributed by atoms with Gasteiger partial charge in [-0.15, -0.1) is 0 Å². The molecule has 3 rings (SSSR count). The average molecular weight is 434 g/mol. The van der Waals surface area contributed by atoms with Crippen LogP contribution < -0.4 is 5.32 Å². The topological polar surface area (TPSA) is 104 Å².